The third-order valence-corrected chi connectivity index (χ3v) is 4.14. The van der Waals surface area contributed by atoms with Gasteiger partial charge < -0.3 is 10.1 Å². The zero-order chi connectivity index (χ0) is 16.8. The molecule has 122 valence electrons. The third-order valence-electron chi connectivity index (χ3n) is 3.50. The molecule has 0 bridgehead atoms. The molecule has 2 aromatic carbocycles. The Bertz CT molecular complexity index is 816. The molecule has 1 aromatic heterocycles. The van der Waals surface area contributed by atoms with Crippen LogP contribution in [0.5, 0.6) is 5.75 Å². The van der Waals surface area contributed by atoms with E-state index in [1.165, 1.54) is 16.9 Å². The highest BCUT2D eigenvalue weighted by Crippen LogP contribution is 2.15. The summed E-state index contributed by atoms with van der Waals surface area (Å²) in [5.41, 5.74) is 5.50. The number of aromatic nitrogens is 1. The number of thiazole rings is 1. The van der Waals surface area contributed by atoms with Crippen LogP contribution in [0.15, 0.2) is 59.4 Å². The number of ether oxygens (including phenoxy) is 1. The maximum Gasteiger partial charge on any atom is 0.251 e. The largest absolute Gasteiger partial charge is 0.487 e. The molecule has 0 atom stereocenters. The predicted octanol–water partition coefficient (Wildman–Crippen LogP) is 3.96. The molecule has 3 rings (SSSR count). The molecule has 24 heavy (non-hydrogen) atoms. The minimum Gasteiger partial charge on any atom is -0.487 e. The molecule has 1 amide bonds. The molecule has 5 heteroatoms. The molecule has 3 aromatic rings. The SMILES string of the molecule is Cc1cccc(CNC(=O)c2cccc(OCc3cscn3)c2)c1. The molecule has 0 aliphatic rings. The molecule has 4 nitrogen and oxygen atoms in total. The van der Waals surface area contributed by atoms with Crippen LogP contribution in [0.3, 0.4) is 0 Å². The van der Waals surface area contributed by atoms with Gasteiger partial charge in [0.1, 0.15) is 12.4 Å². The summed E-state index contributed by atoms with van der Waals surface area (Å²) < 4.78 is 5.68. The lowest BCUT2D eigenvalue weighted by molar-refractivity contribution is 0.0950. The van der Waals surface area contributed by atoms with Crippen molar-refractivity contribution in [3.8, 4) is 5.75 Å². The molecule has 1 N–H and O–H groups in total. The van der Waals surface area contributed by atoms with Gasteiger partial charge in [0.2, 0.25) is 0 Å². The van der Waals surface area contributed by atoms with Gasteiger partial charge in [0, 0.05) is 17.5 Å². The fourth-order valence-corrected chi connectivity index (χ4v) is 2.84. The van der Waals surface area contributed by atoms with Crippen LogP contribution in [0.1, 0.15) is 27.2 Å². The summed E-state index contributed by atoms with van der Waals surface area (Å²) in [6, 6.07) is 15.3. The Morgan fingerprint density at radius 3 is 2.88 bits per heavy atom. The maximum atomic E-state index is 12.3. The smallest absolute Gasteiger partial charge is 0.251 e. The number of hydrogen-bond acceptors (Lipinski definition) is 4. The molecular weight excluding hydrogens is 320 g/mol. The highest BCUT2D eigenvalue weighted by atomic mass is 32.1. The summed E-state index contributed by atoms with van der Waals surface area (Å²) >= 11 is 1.53. The lowest BCUT2D eigenvalue weighted by Gasteiger charge is -2.08. The number of hydrogen-bond donors (Lipinski definition) is 1. The maximum absolute atomic E-state index is 12.3. The van der Waals surface area contributed by atoms with Gasteiger partial charge in [-0.05, 0) is 30.7 Å². The van der Waals surface area contributed by atoms with Gasteiger partial charge >= 0.3 is 0 Å². The summed E-state index contributed by atoms with van der Waals surface area (Å²) in [6.45, 7) is 2.94. The van der Waals surface area contributed by atoms with E-state index in [0.717, 1.165) is 11.3 Å². The van der Waals surface area contributed by atoms with Crippen LogP contribution in [-0.2, 0) is 13.2 Å². The average molecular weight is 338 g/mol. The molecule has 1 heterocycles. The van der Waals surface area contributed by atoms with Crippen molar-refractivity contribution in [2.75, 3.05) is 0 Å². The van der Waals surface area contributed by atoms with Gasteiger partial charge in [0.25, 0.3) is 5.91 Å². The van der Waals surface area contributed by atoms with Gasteiger partial charge in [0.05, 0.1) is 11.2 Å². The number of carbonyl (C=O) groups excluding carboxylic acids is 1. The molecule has 0 radical (unpaired) electrons. The normalized spacial score (nSPS) is 10.4. The Balaban J connectivity index is 1.59. The van der Waals surface area contributed by atoms with Crippen molar-refractivity contribution in [2.24, 2.45) is 0 Å². The van der Waals surface area contributed by atoms with E-state index in [-0.39, 0.29) is 5.91 Å². The first-order chi connectivity index (χ1) is 11.7. The standard InChI is InChI=1S/C19H18N2O2S/c1-14-4-2-5-15(8-14)10-20-19(22)16-6-3-7-18(9-16)23-11-17-12-24-13-21-17/h2-9,12-13H,10-11H2,1H3,(H,20,22). The lowest BCUT2D eigenvalue weighted by atomic mass is 10.1. The van der Waals surface area contributed by atoms with Gasteiger partial charge in [-0.2, -0.15) is 0 Å². The first-order valence-corrected chi connectivity index (χ1v) is 8.59. The van der Waals surface area contributed by atoms with Crippen LogP contribution >= 0.6 is 11.3 Å². The lowest BCUT2D eigenvalue weighted by Crippen LogP contribution is -2.22. The van der Waals surface area contributed by atoms with Crippen LogP contribution in [0, 0.1) is 6.92 Å². The molecule has 0 unspecified atom stereocenters. The van der Waals surface area contributed by atoms with Crippen LogP contribution in [0.4, 0.5) is 0 Å². The topological polar surface area (TPSA) is 51.2 Å². The molecule has 0 saturated heterocycles. The average Bonchev–Trinajstić information content (AvgIpc) is 3.12. The van der Waals surface area contributed by atoms with E-state index in [1.54, 1.807) is 17.6 Å². The van der Waals surface area contributed by atoms with Crippen molar-refractivity contribution in [1.82, 2.24) is 10.3 Å². The highest BCUT2D eigenvalue weighted by molar-refractivity contribution is 7.07. The molecule has 0 fully saturated rings. The van der Waals surface area contributed by atoms with Crippen molar-refractivity contribution in [1.29, 1.82) is 0 Å². The fraction of sp³-hybridized carbons (Fsp3) is 0.158. The van der Waals surface area contributed by atoms with Crippen LogP contribution in [0.25, 0.3) is 0 Å². The fourth-order valence-electron chi connectivity index (χ4n) is 2.30. The molecule has 0 aliphatic heterocycles. The Morgan fingerprint density at radius 1 is 1.21 bits per heavy atom. The summed E-state index contributed by atoms with van der Waals surface area (Å²) in [7, 11) is 0. The summed E-state index contributed by atoms with van der Waals surface area (Å²) in [4.78, 5) is 16.5. The van der Waals surface area contributed by atoms with Gasteiger partial charge in [0.15, 0.2) is 0 Å². The van der Waals surface area contributed by atoms with Crippen molar-refractivity contribution in [2.45, 2.75) is 20.1 Å². The van der Waals surface area contributed by atoms with E-state index in [0.29, 0.717) is 24.5 Å². The molecule has 0 spiro atoms. The van der Waals surface area contributed by atoms with Crippen molar-refractivity contribution < 1.29 is 9.53 Å². The minimum absolute atomic E-state index is 0.115. The van der Waals surface area contributed by atoms with Gasteiger partial charge in [-0.15, -0.1) is 11.3 Å². The quantitative estimate of drug-likeness (QED) is 0.740. The van der Waals surface area contributed by atoms with Crippen molar-refractivity contribution in [3.05, 3.63) is 81.8 Å². The number of carbonyl (C=O) groups is 1. The van der Waals surface area contributed by atoms with Crippen LogP contribution < -0.4 is 10.1 Å². The van der Waals surface area contributed by atoms with Crippen LogP contribution in [0.2, 0.25) is 0 Å². The van der Waals surface area contributed by atoms with E-state index in [2.05, 4.69) is 16.4 Å². The number of rotatable bonds is 6. The number of amides is 1. The van der Waals surface area contributed by atoms with E-state index >= 15 is 0 Å². The number of benzene rings is 2. The Hall–Kier alpha value is -2.66. The highest BCUT2D eigenvalue weighted by Gasteiger charge is 2.07. The zero-order valence-electron chi connectivity index (χ0n) is 13.4. The summed E-state index contributed by atoms with van der Waals surface area (Å²) in [6.07, 6.45) is 0. The summed E-state index contributed by atoms with van der Waals surface area (Å²) in [5, 5.41) is 4.88. The molecular formula is C19H18N2O2S. The van der Waals surface area contributed by atoms with Crippen molar-refractivity contribution >= 4 is 17.2 Å². The first-order valence-electron chi connectivity index (χ1n) is 7.64. The third kappa shape index (κ3) is 4.43. The van der Waals surface area contributed by atoms with E-state index in [4.69, 9.17) is 4.74 Å². The number of aryl methyl sites for hydroxylation is 1. The predicted molar refractivity (Wildman–Crippen MR) is 95.2 cm³/mol. The van der Waals surface area contributed by atoms with Gasteiger partial charge in [-0.25, -0.2) is 4.98 Å². The monoisotopic (exact) mass is 338 g/mol. The Labute approximate surface area is 145 Å². The number of nitrogens with one attached hydrogen (secondary N) is 1. The van der Waals surface area contributed by atoms with Crippen molar-refractivity contribution in [3.63, 3.8) is 0 Å². The van der Waals surface area contributed by atoms with Gasteiger partial charge in [-0.1, -0.05) is 35.9 Å². The number of nitrogens with zero attached hydrogens (tertiary/aromatic N) is 1. The zero-order valence-corrected chi connectivity index (χ0v) is 14.2. The molecule has 0 saturated carbocycles. The van der Waals surface area contributed by atoms with E-state index in [1.807, 2.05) is 42.6 Å². The van der Waals surface area contributed by atoms with E-state index in [9.17, 15) is 4.79 Å². The second-order valence-corrected chi connectivity index (χ2v) is 6.19. The van der Waals surface area contributed by atoms with Crippen LogP contribution in [-0.4, -0.2) is 10.9 Å². The first kappa shape index (κ1) is 16.2. The van der Waals surface area contributed by atoms with Gasteiger partial charge in [-0.3, -0.25) is 4.79 Å². The Morgan fingerprint density at radius 2 is 2.08 bits per heavy atom. The Kier molecular flexibility index (Phi) is 5.23. The second kappa shape index (κ2) is 7.75. The summed E-state index contributed by atoms with van der Waals surface area (Å²) in [5.74, 6) is 0.543. The second-order valence-electron chi connectivity index (χ2n) is 5.47. The molecule has 0 aliphatic carbocycles. The van der Waals surface area contributed by atoms with E-state index < -0.39 is 0 Å². The minimum atomic E-state index is -0.115.